The third kappa shape index (κ3) is 5.90. The Morgan fingerprint density at radius 3 is 2.45 bits per heavy atom. The monoisotopic (exact) mass is 300 g/mol. The van der Waals surface area contributed by atoms with Gasteiger partial charge in [-0.25, -0.2) is 0 Å². The van der Waals surface area contributed by atoms with Crippen molar-refractivity contribution in [3.63, 3.8) is 0 Å². The van der Waals surface area contributed by atoms with Crippen molar-refractivity contribution in [1.29, 1.82) is 0 Å². The van der Waals surface area contributed by atoms with E-state index in [1.807, 2.05) is 44.2 Å². The molecule has 20 heavy (non-hydrogen) atoms. The first kappa shape index (κ1) is 18.9. The molecule has 5 heteroatoms. The molecule has 0 fully saturated rings. The molecule has 4 nitrogen and oxygen atoms in total. The van der Waals surface area contributed by atoms with Crippen molar-refractivity contribution in [2.24, 2.45) is 11.7 Å². The third-order valence-electron chi connectivity index (χ3n) is 3.32. The topological polar surface area (TPSA) is 75.3 Å². The summed E-state index contributed by atoms with van der Waals surface area (Å²) in [5, 5.41) is 11.7. The van der Waals surface area contributed by atoms with E-state index in [0.29, 0.717) is 6.42 Å². The maximum Gasteiger partial charge on any atom is 0.224 e. The lowest BCUT2D eigenvalue weighted by Crippen LogP contribution is -2.40. The fourth-order valence-corrected chi connectivity index (χ4v) is 1.97. The zero-order valence-corrected chi connectivity index (χ0v) is 12.9. The van der Waals surface area contributed by atoms with E-state index in [9.17, 15) is 4.79 Å². The number of aliphatic hydroxyl groups is 1. The molecule has 0 bridgehead atoms. The number of carbonyl (C=O) groups excluding carboxylic acids is 1. The fraction of sp³-hybridized carbons (Fsp3) is 0.533. The van der Waals surface area contributed by atoms with E-state index in [4.69, 9.17) is 10.8 Å². The Kier molecular flexibility index (Phi) is 9.21. The molecule has 0 aliphatic rings. The van der Waals surface area contributed by atoms with Crippen LogP contribution >= 0.6 is 12.4 Å². The molecule has 0 radical (unpaired) electrons. The minimum Gasteiger partial charge on any atom is -0.396 e. The van der Waals surface area contributed by atoms with E-state index in [0.717, 1.165) is 12.0 Å². The molecule has 1 rings (SSSR count). The summed E-state index contributed by atoms with van der Waals surface area (Å²) in [6.45, 7) is 3.93. The van der Waals surface area contributed by atoms with E-state index in [1.54, 1.807) is 0 Å². The van der Waals surface area contributed by atoms with Gasteiger partial charge in [-0.2, -0.15) is 0 Å². The number of nitrogens with two attached hydrogens (primary N) is 1. The van der Waals surface area contributed by atoms with Crippen LogP contribution in [0.25, 0.3) is 0 Å². The van der Waals surface area contributed by atoms with Crippen molar-refractivity contribution in [3.05, 3.63) is 35.9 Å². The van der Waals surface area contributed by atoms with E-state index in [2.05, 4.69) is 5.32 Å². The first-order chi connectivity index (χ1) is 9.06. The summed E-state index contributed by atoms with van der Waals surface area (Å²) < 4.78 is 0. The molecule has 0 heterocycles. The second kappa shape index (κ2) is 9.75. The molecule has 0 aromatic heterocycles. The molecule has 0 aliphatic carbocycles. The summed E-state index contributed by atoms with van der Waals surface area (Å²) in [7, 11) is 0. The maximum atomic E-state index is 12.1. The molecule has 0 aliphatic heterocycles. The van der Waals surface area contributed by atoms with Crippen LogP contribution < -0.4 is 11.1 Å². The van der Waals surface area contributed by atoms with Crippen LogP contribution in [0.3, 0.4) is 0 Å². The average Bonchev–Trinajstić information content (AvgIpc) is 2.44. The van der Waals surface area contributed by atoms with Gasteiger partial charge in [-0.3, -0.25) is 4.79 Å². The summed E-state index contributed by atoms with van der Waals surface area (Å²) in [5.74, 6) is -0.319. The quantitative estimate of drug-likeness (QED) is 0.721. The second-order valence-electron chi connectivity index (χ2n) is 5.00. The Morgan fingerprint density at radius 2 is 1.90 bits per heavy atom. The molecule has 0 spiro atoms. The van der Waals surface area contributed by atoms with Gasteiger partial charge >= 0.3 is 0 Å². The lowest BCUT2D eigenvalue weighted by molar-refractivity contribution is -0.125. The molecule has 1 amide bonds. The predicted octanol–water partition coefficient (Wildman–Crippen LogP) is 2.02. The molecule has 0 saturated carbocycles. The maximum absolute atomic E-state index is 12.1. The third-order valence-corrected chi connectivity index (χ3v) is 3.32. The Balaban J connectivity index is 0.00000361. The number of nitrogens with one attached hydrogen (secondary N) is 1. The number of carbonyl (C=O) groups is 1. The molecule has 1 aromatic carbocycles. The van der Waals surface area contributed by atoms with Gasteiger partial charge in [0.25, 0.3) is 0 Å². The van der Waals surface area contributed by atoms with Crippen LogP contribution in [0.2, 0.25) is 0 Å². The number of hydrogen-bond acceptors (Lipinski definition) is 3. The van der Waals surface area contributed by atoms with Crippen molar-refractivity contribution in [3.8, 4) is 0 Å². The molecule has 4 N–H and O–H groups in total. The average molecular weight is 301 g/mol. The SMILES string of the molecule is CC(CCCO)NC(=O)C(C)C(N)c1ccccc1.Cl. The Bertz CT molecular complexity index is 387. The summed E-state index contributed by atoms with van der Waals surface area (Å²) in [5.41, 5.74) is 7.08. The first-order valence-corrected chi connectivity index (χ1v) is 6.78. The Labute approximate surface area is 127 Å². The summed E-state index contributed by atoms with van der Waals surface area (Å²) in [6.07, 6.45) is 1.47. The van der Waals surface area contributed by atoms with E-state index < -0.39 is 0 Å². The molecular weight excluding hydrogens is 276 g/mol. The standard InChI is InChI=1S/C15H24N2O2.ClH/c1-11(7-6-10-18)17-15(19)12(2)14(16)13-8-4-3-5-9-13;/h3-5,8-9,11-12,14,18H,6-7,10,16H2,1-2H3,(H,17,19);1H. The highest BCUT2D eigenvalue weighted by molar-refractivity contribution is 5.85. The number of halogens is 1. The molecular formula is C15H25ClN2O2. The number of benzene rings is 1. The fourth-order valence-electron chi connectivity index (χ4n) is 1.97. The van der Waals surface area contributed by atoms with Crippen LogP contribution in [0.4, 0.5) is 0 Å². The summed E-state index contributed by atoms with van der Waals surface area (Å²) in [4.78, 5) is 12.1. The molecule has 3 atom stereocenters. The van der Waals surface area contributed by atoms with Gasteiger partial charge < -0.3 is 16.2 Å². The van der Waals surface area contributed by atoms with E-state index in [1.165, 1.54) is 0 Å². The van der Waals surface area contributed by atoms with E-state index >= 15 is 0 Å². The van der Waals surface area contributed by atoms with Crippen LogP contribution in [-0.4, -0.2) is 23.7 Å². The lowest BCUT2D eigenvalue weighted by Gasteiger charge is -2.22. The van der Waals surface area contributed by atoms with Crippen molar-refractivity contribution in [1.82, 2.24) is 5.32 Å². The largest absolute Gasteiger partial charge is 0.396 e. The van der Waals surface area contributed by atoms with E-state index in [-0.39, 0.29) is 42.9 Å². The number of amides is 1. The highest BCUT2D eigenvalue weighted by atomic mass is 35.5. The second-order valence-corrected chi connectivity index (χ2v) is 5.00. The van der Waals surface area contributed by atoms with Gasteiger partial charge in [0, 0.05) is 18.7 Å². The number of aliphatic hydroxyl groups excluding tert-OH is 1. The summed E-state index contributed by atoms with van der Waals surface area (Å²) in [6, 6.07) is 9.40. The smallest absolute Gasteiger partial charge is 0.224 e. The van der Waals surface area contributed by atoms with Gasteiger partial charge in [-0.05, 0) is 25.3 Å². The van der Waals surface area contributed by atoms with Gasteiger partial charge in [0.15, 0.2) is 0 Å². The molecule has 1 aromatic rings. The Hall–Kier alpha value is -1.10. The van der Waals surface area contributed by atoms with Gasteiger partial charge in [0.1, 0.15) is 0 Å². The van der Waals surface area contributed by atoms with Crippen molar-refractivity contribution in [2.45, 2.75) is 38.8 Å². The van der Waals surface area contributed by atoms with Crippen LogP contribution in [0.1, 0.15) is 38.3 Å². The first-order valence-electron chi connectivity index (χ1n) is 6.78. The van der Waals surface area contributed by atoms with Gasteiger partial charge in [-0.15, -0.1) is 12.4 Å². The Morgan fingerprint density at radius 1 is 1.30 bits per heavy atom. The van der Waals surface area contributed by atoms with Gasteiger partial charge in [0.05, 0.1) is 5.92 Å². The van der Waals surface area contributed by atoms with Crippen LogP contribution in [0, 0.1) is 5.92 Å². The van der Waals surface area contributed by atoms with Crippen molar-refractivity contribution >= 4 is 18.3 Å². The molecule has 114 valence electrons. The highest BCUT2D eigenvalue weighted by Gasteiger charge is 2.22. The van der Waals surface area contributed by atoms with Crippen LogP contribution in [-0.2, 0) is 4.79 Å². The zero-order valence-electron chi connectivity index (χ0n) is 12.1. The number of rotatable bonds is 7. The minimum absolute atomic E-state index is 0. The van der Waals surface area contributed by atoms with Crippen molar-refractivity contribution < 1.29 is 9.90 Å². The molecule has 0 saturated heterocycles. The normalized spacial score (nSPS) is 14.8. The summed E-state index contributed by atoms with van der Waals surface area (Å²) >= 11 is 0. The van der Waals surface area contributed by atoms with Gasteiger partial charge in [-0.1, -0.05) is 37.3 Å². The van der Waals surface area contributed by atoms with Crippen molar-refractivity contribution in [2.75, 3.05) is 6.61 Å². The number of hydrogen-bond donors (Lipinski definition) is 3. The van der Waals surface area contributed by atoms with Crippen LogP contribution in [0.5, 0.6) is 0 Å². The highest BCUT2D eigenvalue weighted by Crippen LogP contribution is 2.19. The predicted molar refractivity (Wildman–Crippen MR) is 83.7 cm³/mol. The zero-order chi connectivity index (χ0) is 14.3. The molecule has 3 unspecified atom stereocenters. The van der Waals surface area contributed by atoms with Crippen LogP contribution in [0.15, 0.2) is 30.3 Å². The van der Waals surface area contributed by atoms with Gasteiger partial charge in [0.2, 0.25) is 5.91 Å². The lowest BCUT2D eigenvalue weighted by atomic mass is 9.94. The minimum atomic E-state index is -0.300.